The summed E-state index contributed by atoms with van der Waals surface area (Å²) in [4.78, 5) is 2.56. The highest BCUT2D eigenvalue weighted by molar-refractivity contribution is 5.51. The van der Waals surface area contributed by atoms with E-state index in [1.165, 1.54) is 49.2 Å². The summed E-state index contributed by atoms with van der Waals surface area (Å²) in [5.41, 5.74) is 10.1. The van der Waals surface area contributed by atoms with Crippen LogP contribution in [0.15, 0.2) is 18.2 Å². The molecule has 0 aliphatic carbocycles. The number of rotatable bonds is 4. The Morgan fingerprint density at radius 2 is 2.21 bits per heavy atom. The second-order valence-electron chi connectivity index (χ2n) is 6.15. The molecule has 19 heavy (non-hydrogen) atoms. The van der Waals surface area contributed by atoms with E-state index in [9.17, 15) is 0 Å². The highest BCUT2D eigenvalue weighted by Gasteiger charge is 2.19. The number of benzene rings is 1. The lowest BCUT2D eigenvalue weighted by Crippen LogP contribution is -2.35. The summed E-state index contributed by atoms with van der Waals surface area (Å²) in [6.07, 6.45) is 5.01. The van der Waals surface area contributed by atoms with Gasteiger partial charge in [0.05, 0.1) is 0 Å². The standard InChI is InChI=1S/C17H28N2/c1-4-15-6-5-9-19(12-15)17-8-7-16(11-14(3)18)13(2)10-17/h7-8,10,14-15H,4-6,9,11-12,18H2,1-3H3. The van der Waals surface area contributed by atoms with Crippen LogP contribution in [0, 0.1) is 12.8 Å². The van der Waals surface area contributed by atoms with E-state index in [2.05, 4.69) is 43.9 Å². The van der Waals surface area contributed by atoms with E-state index in [4.69, 9.17) is 5.73 Å². The van der Waals surface area contributed by atoms with Crippen LogP contribution in [0.4, 0.5) is 5.69 Å². The first-order valence-corrected chi connectivity index (χ1v) is 7.70. The zero-order valence-corrected chi connectivity index (χ0v) is 12.7. The Hall–Kier alpha value is -1.02. The van der Waals surface area contributed by atoms with Crippen LogP contribution in [0.5, 0.6) is 0 Å². The van der Waals surface area contributed by atoms with Crippen molar-refractivity contribution in [1.29, 1.82) is 0 Å². The van der Waals surface area contributed by atoms with Crippen LogP contribution in [-0.4, -0.2) is 19.1 Å². The Kier molecular flexibility index (Phi) is 4.87. The molecule has 2 rings (SSSR count). The van der Waals surface area contributed by atoms with Crippen molar-refractivity contribution < 1.29 is 0 Å². The number of piperidine rings is 1. The van der Waals surface area contributed by atoms with Crippen molar-refractivity contribution in [1.82, 2.24) is 0 Å². The van der Waals surface area contributed by atoms with Crippen LogP contribution >= 0.6 is 0 Å². The minimum absolute atomic E-state index is 0.240. The SMILES string of the molecule is CCC1CCCN(c2ccc(CC(C)N)c(C)c2)C1. The second kappa shape index (κ2) is 6.42. The lowest BCUT2D eigenvalue weighted by atomic mass is 9.94. The zero-order chi connectivity index (χ0) is 13.8. The molecule has 106 valence electrons. The van der Waals surface area contributed by atoms with E-state index in [0.29, 0.717) is 0 Å². The maximum Gasteiger partial charge on any atom is 0.0369 e. The van der Waals surface area contributed by atoms with Gasteiger partial charge in [-0.05, 0) is 62.3 Å². The molecule has 1 aromatic rings. The van der Waals surface area contributed by atoms with Gasteiger partial charge in [0, 0.05) is 24.8 Å². The smallest absolute Gasteiger partial charge is 0.0369 e. The van der Waals surface area contributed by atoms with Crippen LogP contribution in [0.2, 0.25) is 0 Å². The summed E-state index contributed by atoms with van der Waals surface area (Å²) in [5.74, 6) is 0.873. The third-order valence-electron chi connectivity index (χ3n) is 4.33. The number of anilines is 1. The fourth-order valence-electron chi connectivity index (χ4n) is 3.09. The topological polar surface area (TPSA) is 29.3 Å². The van der Waals surface area contributed by atoms with Crippen molar-refractivity contribution in [3.05, 3.63) is 29.3 Å². The van der Waals surface area contributed by atoms with Crippen LogP contribution < -0.4 is 10.6 Å². The molecule has 1 fully saturated rings. The average molecular weight is 260 g/mol. The Bertz CT molecular complexity index is 412. The molecule has 2 atom stereocenters. The van der Waals surface area contributed by atoms with E-state index < -0.39 is 0 Å². The molecule has 2 N–H and O–H groups in total. The summed E-state index contributed by atoms with van der Waals surface area (Å²) < 4.78 is 0. The fourth-order valence-corrected chi connectivity index (χ4v) is 3.09. The predicted octanol–water partition coefficient (Wildman–Crippen LogP) is 3.51. The minimum Gasteiger partial charge on any atom is -0.371 e. The van der Waals surface area contributed by atoms with E-state index in [1.54, 1.807) is 0 Å². The van der Waals surface area contributed by atoms with Gasteiger partial charge in [0.15, 0.2) is 0 Å². The quantitative estimate of drug-likeness (QED) is 0.897. The summed E-state index contributed by atoms with van der Waals surface area (Å²) in [5, 5.41) is 0. The van der Waals surface area contributed by atoms with Crippen molar-refractivity contribution in [2.24, 2.45) is 11.7 Å². The monoisotopic (exact) mass is 260 g/mol. The van der Waals surface area contributed by atoms with Crippen molar-refractivity contribution in [2.45, 2.75) is 52.5 Å². The molecule has 1 saturated heterocycles. The normalized spacial score (nSPS) is 21.5. The number of hydrogen-bond donors (Lipinski definition) is 1. The fraction of sp³-hybridized carbons (Fsp3) is 0.647. The number of nitrogens with two attached hydrogens (primary N) is 1. The van der Waals surface area contributed by atoms with Gasteiger partial charge < -0.3 is 10.6 Å². The number of aryl methyl sites for hydroxylation is 1. The van der Waals surface area contributed by atoms with Gasteiger partial charge in [-0.25, -0.2) is 0 Å². The first-order chi connectivity index (χ1) is 9.10. The molecule has 0 spiro atoms. The Morgan fingerprint density at radius 3 is 2.84 bits per heavy atom. The Labute approximate surface area is 118 Å². The maximum absolute atomic E-state index is 5.90. The lowest BCUT2D eigenvalue weighted by molar-refractivity contribution is 0.404. The molecule has 1 aliphatic heterocycles. The molecule has 0 aromatic heterocycles. The van der Waals surface area contributed by atoms with E-state index in [-0.39, 0.29) is 6.04 Å². The van der Waals surface area contributed by atoms with Crippen molar-refractivity contribution in [3.8, 4) is 0 Å². The summed E-state index contributed by atoms with van der Waals surface area (Å²) >= 11 is 0. The molecule has 2 heteroatoms. The van der Waals surface area contributed by atoms with Gasteiger partial charge in [-0.1, -0.05) is 19.4 Å². The van der Waals surface area contributed by atoms with Gasteiger partial charge >= 0.3 is 0 Å². The van der Waals surface area contributed by atoms with Gasteiger partial charge in [-0.3, -0.25) is 0 Å². The van der Waals surface area contributed by atoms with Gasteiger partial charge in [0.1, 0.15) is 0 Å². The van der Waals surface area contributed by atoms with Crippen LogP contribution in [-0.2, 0) is 6.42 Å². The highest BCUT2D eigenvalue weighted by Crippen LogP contribution is 2.26. The predicted molar refractivity (Wildman–Crippen MR) is 83.8 cm³/mol. The molecule has 0 saturated carbocycles. The van der Waals surface area contributed by atoms with Gasteiger partial charge in [0.25, 0.3) is 0 Å². The first kappa shape index (κ1) is 14.4. The Balaban J connectivity index is 2.10. The molecule has 0 amide bonds. The zero-order valence-electron chi connectivity index (χ0n) is 12.7. The third kappa shape index (κ3) is 3.73. The second-order valence-corrected chi connectivity index (χ2v) is 6.15. The third-order valence-corrected chi connectivity index (χ3v) is 4.33. The summed E-state index contributed by atoms with van der Waals surface area (Å²) in [7, 11) is 0. The molecule has 1 heterocycles. The molecule has 0 bridgehead atoms. The number of nitrogens with zero attached hydrogens (tertiary/aromatic N) is 1. The van der Waals surface area contributed by atoms with Crippen LogP contribution in [0.3, 0.4) is 0 Å². The average Bonchev–Trinajstić information content (AvgIpc) is 2.40. The summed E-state index contributed by atoms with van der Waals surface area (Å²) in [6, 6.07) is 7.13. The molecule has 1 aliphatic rings. The van der Waals surface area contributed by atoms with Crippen LogP contribution in [0.25, 0.3) is 0 Å². The molecular formula is C17H28N2. The van der Waals surface area contributed by atoms with Crippen molar-refractivity contribution >= 4 is 5.69 Å². The summed E-state index contributed by atoms with van der Waals surface area (Å²) in [6.45, 7) is 9.03. The van der Waals surface area contributed by atoms with Crippen molar-refractivity contribution in [2.75, 3.05) is 18.0 Å². The van der Waals surface area contributed by atoms with Gasteiger partial charge in [0.2, 0.25) is 0 Å². The van der Waals surface area contributed by atoms with E-state index in [0.717, 1.165) is 12.3 Å². The highest BCUT2D eigenvalue weighted by atomic mass is 15.1. The first-order valence-electron chi connectivity index (χ1n) is 7.70. The molecule has 2 nitrogen and oxygen atoms in total. The van der Waals surface area contributed by atoms with Gasteiger partial charge in [-0.15, -0.1) is 0 Å². The number of hydrogen-bond acceptors (Lipinski definition) is 2. The van der Waals surface area contributed by atoms with E-state index in [1.807, 2.05) is 0 Å². The largest absolute Gasteiger partial charge is 0.371 e. The van der Waals surface area contributed by atoms with Gasteiger partial charge in [-0.2, -0.15) is 0 Å². The van der Waals surface area contributed by atoms with Crippen LogP contribution in [0.1, 0.15) is 44.2 Å². The lowest BCUT2D eigenvalue weighted by Gasteiger charge is -2.34. The van der Waals surface area contributed by atoms with E-state index >= 15 is 0 Å². The Morgan fingerprint density at radius 1 is 1.42 bits per heavy atom. The molecule has 1 aromatic carbocycles. The van der Waals surface area contributed by atoms with Crippen molar-refractivity contribution in [3.63, 3.8) is 0 Å². The molecule has 2 unspecified atom stereocenters. The molecular weight excluding hydrogens is 232 g/mol. The minimum atomic E-state index is 0.240. The molecule has 0 radical (unpaired) electrons. The maximum atomic E-state index is 5.90.